The van der Waals surface area contributed by atoms with Crippen LogP contribution < -0.4 is 0 Å². The predicted octanol–water partition coefficient (Wildman–Crippen LogP) is 1.39. The molecule has 2 nitrogen and oxygen atoms in total. The largest absolute Gasteiger partial charge is 0.396 e. The molecule has 65 valence electrons. The Morgan fingerprint density at radius 3 is 2.45 bits per heavy atom. The van der Waals surface area contributed by atoms with Gasteiger partial charge in [0.15, 0.2) is 0 Å². The Labute approximate surface area is 68.6 Å². The lowest BCUT2D eigenvalue weighted by Crippen LogP contribution is -2.29. The number of hydrogen-bond acceptors (Lipinski definition) is 2. The molecule has 0 atom stereocenters. The SMILES string of the molecule is [CH2]CC1(CCO)CCOCC1. The van der Waals surface area contributed by atoms with Crippen molar-refractivity contribution in [2.24, 2.45) is 5.41 Å². The highest BCUT2D eigenvalue weighted by molar-refractivity contribution is 4.82. The predicted molar refractivity (Wildman–Crippen MR) is 44.2 cm³/mol. The van der Waals surface area contributed by atoms with E-state index in [1.807, 2.05) is 0 Å². The van der Waals surface area contributed by atoms with Crippen LogP contribution in [-0.4, -0.2) is 24.9 Å². The summed E-state index contributed by atoms with van der Waals surface area (Å²) in [7, 11) is 0. The topological polar surface area (TPSA) is 29.5 Å². The second kappa shape index (κ2) is 4.07. The molecule has 1 saturated heterocycles. The maximum atomic E-state index is 8.85. The van der Waals surface area contributed by atoms with Gasteiger partial charge in [-0.25, -0.2) is 0 Å². The van der Waals surface area contributed by atoms with Crippen molar-refractivity contribution >= 4 is 0 Å². The molecule has 1 radical (unpaired) electrons. The van der Waals surface area contributed by atoms with Gasteiger partial charge < -0.3 is 9.84 Å². The number of ether oxygens (including phenoxy) is 1. The van der Waals surface area contributed by atoms with Crippen molar-refractivity contribution in [1.82, 2.24) is 0 Å². The summed E-state index contributed by atoms with van der Waals surface area (Å²) in [6.45, 7) is 5.91. The molecule has 1 N–H and O–H groups in total. The Morgan fingerprint density at radius 1 is 1.36 bits per heavy atom. The van der Waals surface area contributed by atoms with Gasteiger partial charge in [0, 0.05) is 19.8 Å². The van der Waals surface area contributed by atoms with E-state index in [9.17, 15) is 0 Å². The first-order valence-corrected chi connectivity index (χ1v) is 4.31. The number of aliphatic hydroxyl groups excluding tert-OH is 1. The number of hydrogen-bond donors (Lipinski definition) is 1. The van der Waals surface area contributed by atoms with Gasteiger partial charge in [0.25, 0.3) is 0 Å². The monoisotopic (exact) mass is 157 g/mol. The van der Waals surface area contributed by atoms with E-state index in [-0.39, 0.29) is 12.0 Å². The fraction of sp³-hybridized carbons (Fsp3) is 0.889. The molecule has 0 bridgehead atoms. The molecule has 0 spiro atoms. The Balaban J connectivity index is 2.42. The van der Waals surface area contributed by atoms with Gasteiger partial charge in [0.05, 0.1) is 0 Å². The van der Waals surface area contributed by atoms with Crippen molar-refractivity contribution < 1.29 is 9.84 Å². The molecule has 1 heterocycles. The molecule has 0 aromatic rings. The minimum atomic E-state index is 0.285. The maximum absolute atomic E-state index is 8.85. The zero-order chi connectivity index (χ0) is 8.16. The van der Waals surface area contributed by atoms with Gasteiger partial charge in [-0.3, -0.25) is 0 Å². The zero-order valence-corrected chi connectivity index (χ0v) is 7.01. The highest BCUT2D eigenvalue weighted by Crippen LogP contribution is 2.36. The van der Waals surface area contributed by atoms with Crippen molar-refractivity contribution in [3.8, 4) is 0 Å². The molecule has 0 saturated carbocycles. The van der Waals surface area contributed by atoms with Gasteiger partial charge in [-0.2, -0.15) is 0 Å². The van der Waals surface area contributed by atoms with Crippen LogP contribution in [0.3, 0.4) is 0 Å². The summed E-state index contributed by atoms with van der Waals surface area (Å²) in [5.41, 5.74) is 0.285. The highest BCUT2D eigenvalue weighted by atomic mass is 16.5. The van der Waals surface area contributed by atoms with Crippen molar-refractivity contribution in [2.75, 3.05) is 19.8 Å². The van der Waals surface area contributed by atoms with E-state index < -0.39 is 0 Å². The summed E-state index contributed by atoms with van der Waals surface area (Å²) >= 11 is 0. The average Bonchev–Trinajstić information content (AvgIpc) is 2.07. The third-order valence-corrected chi connectivity index (χ3v) is 2.73. The Hall–Kier alpha value is -0.0800. The third-order valence-electron chi connectivity index (χ3n) is 2.73. The first-order valence-electron chi connectivity index (χ1n) is 4.31. The smallest absolute Gasteiger partial charge is 0.0471 e. The fourth-order valence-corrected chi connectivity index (χ4v) is 1.67. The first-order chi connectivity index (χ1) is 5.33. The summed E-state index contributed by atoms with van der Waals surface area (Å²) in [5, 5.41) is 8.85. The second-order valence-corrected chi connectivity index (χ2v) is 3.34. The standard InChI is InChI=1S/C9H17O2/c1-2-9(3-6-10)4-7-11-8-5-9/h10H,1-8H2. The second-order valence-electron chi connectivity index (χ2n) is 3.34. The summed E-state index contributed by atoms with van der Waals surface area (Å²) < 4.78 is 5.26. The van der Waals surface area contributed by atoms with E-state index in [0.29, 0.717) is 0 Å². The Bertz CT molecular complexity index is 101. The maximum Gasteiger partial charge on any atom is 0.0471 e. The van der Waals surface area contributed by atoms with Crippen LogP contribution in [0.25, 0.3) is 0 Å². The lowest BCUT2D eigenvalue weighted by Gasteiger charge is -2.35. The Kier molecular flexibility index (Phi) is 3.34. The molecule has 1 rings (SSSR count). The van der Waals surface area contributed by atoms with E-state index in [4.69, 9.17) is 9.84 Å². The molecular formula is C9H17O2. The van der Waals surface area contributed by atoms with Crippen LogP contribution in [0, 0.1) is 12.3 Å². The van der Waals surface area contributed by atoms with E-state index in [1.165, 1.54) is 0 Å². The van der Waals surface area contributed by atoms with Crippen LogP contribution in [0.1, 0.15) is 25.7 Å². The Morgan fingerprint density at radius 2 is 2.00 bits per heavy atom. The number of rotatable bonds is 3. The molecule has 11 heavy (non-hydrogen) atoms. The van der Waals surface area contributed by atoms with E-state index in [0.717, 1.165) is 38.9 Å². The summed E-state index contributed by atoms with van der Waals surface area (Å²) in [6.07, 6.45) is 3.95. The molecule has 0 aromatic heterocycles. The van der Waals surface area contributed by atoms with E-state index >= 15 is 0 Å². The highest BCUT2D eigenvalue weighted by Gasteiger charge is 2.29. The average molecular weight is 157 g/mol. The molecule has 0 aliphatic carbocycles. The molecule has 2 heteroatoms. The minimum absolute atomic E-state index is 0.285. The van der Waals surface area contributed by atoms with Crippen LogP contribution in [-0.2, 0) is 4.74 Å². The normalized spacial score (nSPS) is 23.5. The van der Waals surface area contributed by atoms with Gasteiger partial charge in [0.1, 0.15) is 0 Å². The van der Waals surface area contributed by atoms with Gasteiger partial charge in [-0.05, 0) is 31.1 Å². The summed E-state index contributed by atoms with van der Waals surface area (Å²) in [4.78, 5) is 0. The minimum Gasteiger partial charge on any atom is -0.396 e. The molecule has 0 unspecified atom stereocenters. The lowest BCUT2D eigenvalue weighted by molar-refractivity contribution is 0.00335. The van der Waals surface area contributed by atoms with Gasteiger partial charge in [-0.1, -0.05) is 6.92 Å². The fourth-order valence-electron chi connectivity index (χ4n) is 1.67. The number of aliphatic hydroxyl groups is 1. The van der Waals surface area contributed by atoms with Crippen LogP contribution in [0.2, 0.25) is 0 Å². The van der Waals surface area contributed by atoms with Gasteiger partial charge in [0.2, 0.25) is 0 Å². The molecular weight excluding hydrogens is 140 g/mol. The molecule has 1 aliphatic heterocycles. The van der Waals surface area contributed by atoms with Crippen molar-refractivity contribution in [3.05, 3.63) is 6.92 Å². The van der Waals surface area contributed by atoms with E-state index in [2.05, 4.69) is 6.92 Å². The third kappa shape index (κ3) is 2.17. The molecule has 0 amide bonds. The van der Waals surface area contributed by atoms with E-state index in [1.54, 1.807) is 0 Å². The molecule has 0 aromatic carbocycles. The molecule has 1 fully saturated rings. The van der Waals surface area contributed by atoms with Crippen molar-refractivity contribution in [1.29, 1.82) is 0 Å². The quantitative estimate of drug-likeness (QED) is 0.670. The van der Waals surface area contributed by atoms with Crippen molar-refractivity contribution in [3.63, 3.8) is 0 Å². The molecule has 1 aliphatic rings. The van der Waals surface area contributed by atoms with Gasteiger partial charge in [-0.15, -0.1) is 0 Å². The van der Waals surface area contributed by atoms with Crippen molar-refractivity contribution in [2.45, 2.75) is 25.7 Å². The summed E-state index contributed by atoms with van der Waals surface area (Å²) in [5.74, 6) is 0. The van der Waals surface area contributed by atoms with Crippen LogP contribution in [0.5, 0.6) is 0 Å². The van der Waals surface area contributed by atoms with Gasteiger partial charge >= 0.3 is 0 Å². The van der Waals surface area contributed by atoms with Crippen LogP contribution >= 0.6 is 0 Å². The first kappa shape index (κ1) is 9.01. The van der Waals surface area contributed by atoms with Crippen LogP contribution in [0.15, 0.2) is 0 Å². The lowest BCUT2D eigenvalue weighted by atomic mass is 9.75. The van der Waals surface area contributed by atoms with Crippen LogP contribution in [0.4, 0.5) is 0 Å². The zero-order valence-electron chi connectivity index (χ0n) is 7.01. The summed E-state index contributed by atoms with van der Waals surface area (Å²) in [6, 6.07) is 0.